The molecular formula is C42H50Cl2F2N6O7. The number of rotatable bonds is 13. The van der Waals surface area contributed by atoms with Gasteiger partial charge in [0.1, 0.15) is 36.3 Å². The summed E-state index contributed by atoms with van der Waals surface area (Å²) in [4.78, 5) is 36.8. The Hall–Kier alpha value is -5.03. The van der Waals surface area contributed by atoms with Crippen LogP contribution in [0.4, 0.5) is 20.2 Å². The molecule has 0 bridgehead atoms. The van der Waals surface area contributed by atoms with Gasteiger partial charge in [0.25, 0.3) is 11.8 Å². The maximum absolute atomic E-state index is 13.2. The van der Waals surface area contributed by atoms with E-state index in [0.29, 0.717) is 71.0 Å². The van der Waals surface area contributed by atoms with E-state index >= 15 is 0 Å². The molecule has 0 aromatic heterocycles. The molecule has 318 valence electrons. The molecule has 2 heterocycles. The third-order valence-corrected chi connectivity index (χ3v) is 8.97. The molecule has 0 radical (unpaired) electrons. The lowest BCUT2D eigenvalue weighted by atomic mass is 10.1. The maximum atomic E-state index is 13.2. The van der Waals surface area contributed by atoms with Crippen LogP contribution < -0.4 is 36.9 Å². The van der Waals surface area contributed by atoms with Gasteiger partial charge in [0.15, 0.2) is 0 Å². The fourth-order valence-electron chi connectivity index (χ4n) is 5.59. The normalized spacial score (nSPS) is 18.5. The zero-order valence-corrected chi connectivity index (χ0v) is 34.1. The van der Waals surface area contributed by atoms with Crippen molar-refractivity contribution in [2.75, 3.05) is 70.6 Å². The number of nitrogens with two attached hydrogens (primary N) is 2. The third-order valence-electron chi connectivity index (χ3n) is 8.40. The van der Waals surface area contributed by atoms with Gasteiger partial charge in [-0.05, 0) is 74.0 Å². The standard InChI is InChI=1S/C21H25ClFN3O3.C14H20ClN3O3.C7H5FO/c1-2-28-19-9-16(24)7-8-18(19)21(27)25-10-17-12-26(13-20(22)29-17)11-14-3-5-15(23)6-4-14;1-2-20-13-6-12(16)11(15)5-10(13)14(19)18-8-9-7-17-3-4-21-9;8-7-3-1-6(5-9)2-4-7/h3-9,17,20H,2,10-13,24H2,1H3,(H,25,27);5-6,9,17H,2-4,7-8,16H2,1H3,(H,18,19);1-5H/i11D2;;5D. The zero-order valence-electron chi connectivity index (χ0n) is 35.6. The minimum absolute atomic E-state index is 0.0255. The number of alkyl halides is 1. The lowest BCUT2D eigenvalue weighted by Gasteiger charge is -2.35. The van der Waals surface area contributed by atoms with Crippen molar-refractivity contribution in [2.45, 2.75) is 38.1 Å². The Labute approximate surface area is 356 Å². The first kappa shape index (κ1) is 42.1. The summed E-state index contributed by atoms with van der Waals surface area (Å²) >= 11 is 12.2. The molecule has 3 unspecified atom stereocenters. The van der Waals surface area contributed by atoms with Gasteiger partial charge in [-0.1, -0.05) is 35.3 Å². The van der Waals surface area contributed by atoms with E-state index in [-0.39, 0.29) is 43.1 Å². The molecule has 13 nitrogen and oxygen atoms in total. The number of nitrogen functional groups attached to an aromatic ring is 2. The summed E-state index contributed by atoms with van der Waals surface area (Å²) in [5.74, 6) is -0.642. The van der Waals surface area contributed by atoms with E-state index < -0.39 is 36.1 Å². The van der Waals surface area contributed by atoms with Crippen LogP contribution in [0.2, 0.25) is 5.02 Å². The second-order valence-electron chi connectivity index (χ2n) is 12.9. The second kappa shape index (κ2) is 24.1. The van der Waals surface area contributed by atoms with Crippen molar-refractivity contribution in [3.05, 3.63) is 118 Å². The van der Waals surface area contributed by atoms with E-state index in [4.69, 9.17) is 57.7 Å². The average Bonchev–Trinajstić information content (AvgIpc) is 3.24. The van der Waals surface area contributed by atoms with Crippen LogP contribution in [0, 0.1) is 11.6 Å². The molecule has 59 heavy (non-hydrogen) atoms. The predicted octanol–water partition coefficient (Wildman–Crippen LogP) is 5.68. The lowest BCUT2D eigenvalue weighted by molar-refractivity contribution is -0.0496. The van der Waals surface area contributed by atoms with Crippen LogP contribution in [-0.2, 0) is 16.0 Å². The van der Waals surface area contributed by atoms with Crippen molar-refractivity contribution in [3.63, 3.8) is 0 Å². The number of benzene rings is 4. The van der Waals surface area contributed by atoms with Crippen molar-refractivity contribution >= 4 is 52.7 Å². The Kier molecular flexibility index (Phi) is 17.2. The molecule has 0 aliphatic carbocycles. The van der Waals surface area contributed by atoms with Crippen LogP contribution >= 0.6 is 23.2 Å². The molecule has 4 aromatic carbocycles. The number of nitrogens with zero attached hydrogens (tertiary/aromatic N) is 1. The fraction of sp³-hybridized carbons (Fsp3) is 0.357. The highest BCUT2D eigenvalue weighted by molar-refractivity contribution is 6.33. The maximum Gasteiger partial charge on any atom is 0.255 e. The number of carbonyl (C=O) groups is 3. The fourth-order valence-corrected chi connectivity index (χ4v) is 6.07. The monoisotopic (exact) mass is 861 g/mol. The molecule has 7 N–H and O–H groups in total. The molecule has 2 fully saturated rings. The summed E-state index contributed by atoms with van der Waals surface area (Å²) < 4.78 is 71.2. The number of morpholine rings is 2. The molecule has 3 atom stereocenters. The zero-order chi connectivity index (χ0) is 45.4. The Balaban J connectivity index is 0.000000233. The number of hydrogen-bond donors (Lipinski definition) is 5. The molecular weight excluding hydrogens is 809 g/mol. The highest BCUT2D eigenvalue weighted by Gasteiger charge is 2.27. The summed E-state index contributed by atoms with van der Waals surface area (Å²) in [5.41, 5.74) is 12.9. The van der Waals surface area contributed by atoms with Gasteiger partial charge in [0.2, 0.25) is 0 Å². The van der Waals surface area contributed by atoms with Crippen molar-refractivity contribution in [3.8, 4) is 11.5 Å². The van der Waals surface area contributed by atoms with Crippen LogP contribution in [0.25, 0.3) is 0 Å². The van der Waals surface area contributed by atoms with Gasteiger partial charge in [0.05, 0.1) is 53.9 Å². The van der Waals surface area contributed by atoms with Crippen LogP contribution in [0.5, 0.6) is 11.5 Å². The van der Waals surface area contributed by atoms with Crippen molar-refractivity contribution < 1.29 is 46.2 Å². The summed E-state index contributed by atoms with van der Waals surface area (Å²) in [6.45, 7) is 5.69. The van der Waals surface area contributed by atoms with E-state index in [9.17, 15) is 23.2 Å². The largest absolute Gasteiger partial charge is 0.493 e. The molecule has 0 spiro atoms. The lowest BCUT2D eigenvalue weighted by Crippen LogP contribution is -2.49. The number of anilines is 2. The van der Waals surface area contributed by atoms with E-state index in [1.807, 2.05) is 13.8 Å². The van der Waals surface area contributed by atoms with Crippen molar-refractivity contribution in [1.82, 2.24) is 20.9 Å². The van der Waals surface area contributed by atoms with E-state index in [0.717, 1.165) is 25.2 Å². The summed E-state index contributed by atoms with van der Waals surface area (Å²) in [6.07, 6.45) is -1.36. The summed E-state index contributed by atoms with van der Waals surface area (Å²) in [5, 5.41) is 9.16. The summed E-state index contributed by atoms with van der Waals surface area (Å²) in [7, 11) is 0. The van der Waals surface area contributed by atoms with Gasteiger partial charge in [-0.2, -0.15) is 0 Å². The van der Waals surface area contributed by atoms with Gasteiger partial charge >= 0.3 is 0 Å². The highest BCUT2D eigenvalue weighted by Crippen LogP contribution is 2.29. The second-order valence-corrected chi connectivity index (χ2v) is 13.8. The number of hydrogen-bond acceptors (Lipinski definition) is 11. The highest BCUT2D eigenvalue weighted by atomic mass is 35.5. The van der Waals surface area contributed by atoms with Crippen LogP contribution in [-0.4, -0.2) is 99.8 Å². The third kappa shape index (κ3) is 15.6. The first-order chi connectivity index (χ1) is 29.5. The Morgan fingerprint density at radius 2 is 1.53 bits per heavy atom. The van der Waals surface area contributed by atoms with E-state index in [1.165, 1.54) is 47.4 Å². The number of halogens is 4. The van der Waals surface area contributed by atoms with Gasteiger partial charge < -0.3 is 46.4 Å². The predicted molar refractivity (Wildman–Crippen MR) is 224 cm³/mol. The molecule has 6 rings (SSSR count). The van der Waals surface area contributed by atoms with Crippen molar-refractivity contribution in [1.29, 1.82) is 0 Å². The van der Waals surface area contributed by atoms with Crippen molar-refractivity contribution in [2.24, 2.45) is 0 Å². The SMILES string of the molecule is CCOc1cc(N)c(Cl)cc1C(=O)NCC1CNCCO1.[2H]C(=O)c1ccc(F)cc1.[2H]C([2H])(c1ccc(F)cc1)N1CC(Cl)OC(CNC(=O)c2ccc(N)cc2OCC)C1. The van der Waals surface area contributed by atoms with E-state index in [1.54, 1.807) is 24.3 Å². The first-order valence-corrected chi connectivity index (χ1v) is 19.5. The molecule has 2 aliphatic rings. The molecule has 0 saturated carbocycles. The molecule has 2 amide bonds. The van der Waals surface area contributed by atoms with Crippen LogP contribution in [0.3, 0.4) is 0 Å². The number of amides is 2. The number of nitrogens with one attached hydrogen (secondary N) is 3. The van der Waals surface area contributed by atoms with Gasteiger partial charge in [-0.15, -0.1) is 0 Å². The van der Waals surface area contributed by atoms with Gasteiger partial charge in [-0.3, -0.25) is 19.3 Å². The number of ether oxygens (including phenoxy) is 4. The molecule has 2 aliphatic heterocycles. The topological polar surface area (TPSA) is 180 Å². The number of aldehydes is 1. The first-order valence-electron chi connectivity index (χ1n) is 20.2. The number of carbonyl (C=O) groups excluding carboxylic acids is 3. The molecule has 17 heteroatoms. The Bertz CT molecular complexity index is 2110. The molecule has 2 saturated heterocycles. The average molecular weight is 863 g/mol. The Morgan fingerprint density at radius 3 is 2.14 bits per heavy atom. The quantitative estimate of drug-likeness (QED) is 0.0635. The van der Waals surface area contributed by atoms with E-state index in [2.05, 4.69) is 16.0 Å². The minimum atomic E-state index is -1.88. The van der Waals surface area contributed by atoms with Crippen LogP contribution in [0.1, 0.15) is 54.6 Å². The Morgan fingerprint density at radius 1 is 0.915 bits per heavy atom. The summed E-state index contributed by atoms with van der Waals surface area (Å²) in [6, 6.07) is 18.0. The molecule has 4 aromatic rings. The van der Waals surface area contributed by atoms with Crippen LogP contribution in [0.15, 0.2) is 78.9 Å². The smallest absolute Gasteiger partial charge is 0.255 e. The van der Waals surface area contributed by atoms with Gasteiger partial charge in [0, 0.05) is 71.9 Å². The van der Waals surface area contributed by atoms with Gasteiger partial charge in [-0.25, -0.2) is 8.78 Å². The minimum Gasteiger partial charge on any atom is -0.493 e.